The Kier molecular flexibility index (Phi) is 48.8. The van der Waals surface area contributed by atoms with Crippen LogP contribution < -0.4 is 5.32 Å². The lowest BCUT2D eigenvalue weighted by molar-refractivity contribution is -0.123. The van der Waals surface area contributed by atoms with Crippen molar-refractivity contribution in [3.63, 3.8) is 0 Å². The normalized spacial score (nSPS) is 13.4. The van der Waals surface area contributed by atoms with Crippen molar-refractivity contribution in [2.45, 2.75) is 276 Å². The number of aliphatic hydroxyl groups excluding tert-OH is 2. The van der Waals surface area contributed by atoms with E-state index in [-0.39, 0.29) is 12.5 Å². The van der Waals surface area contributed by atoms with Crippen molar-refractivity contribution in [1.29, 1.82) is 0 Å². The van der Waals surface area contributed by atoms with Crippen molar-refractivity contribution in [3.8, 4) is 0 Å². The Morgan fingerprint density at radius 1 is 0.407 bits per heavy atom. The maximum atomic E-state index is 12.4. The van der Waals surface area contributed by atoms with Gasteiger partial charge in [-0.15, -0.1) is 0 Å². The van der Waals surface area contributed by atoms with E-state index in [1.807, 2.05) is 6.08 Å². The van der Waals surface area contributed by atoms with Gasteiger partial charge < -0.3 is 15.5 Å². The van der Waals surface area contributed by atoms with Gasteiger partial charge in [-0.2, -0.15) is 0 Å². The number of hydrogen-bond acceptors (Lipinski definition) is 3. The van der Waals surface area contributed by atoms with E-state index in [2.05, 4.69) is 67.8 Å². The van der Waals surface area contributed by atoms with Crippen LogP contribution in [0.3, 0.4) is 0 Å². The van der Waals surface area contributed by atoms with Crippen molar-refractivity contribution in [3.05, 3.63) is 60.8 Å². The molecule has 0 aromatic heterocycles. The van der Waals surface area contributed by atoms with E-state index in [4.69, 9.17) is 0 Å². The molecular formula is C55H101NO3. The first kappa shape index (κ1) is 57.1. The minimum absolute atomic E-state index is 0.0754. The lowest BCUT2D eigenvalue weighted by atomic mass is 10.0. The average molecular weight is 824 g/mol. The Morgan fingerprint density at radius 2 is 0.712 bits per heavy atom. The summed E-state index contributed by atoms with van der Waals surface area (Å²) in [5.74, 6) is -0.0754. The second kappa shape index (κ2) is 50.4. The number of carbonyl (C=O) groups is 1. The molecule has 0 aromatic carbocycles. The number of hydrogen-bond donors (Lipinski definition) is 3. The fraction of sp³-hybridized carbons (Fsp3) is 0.800. The van der Waals surface area contributed by atoms with Crippen molar-refractivity contribution < 1.29 is 15.0 Å². The standard InChI is InChI=1S/C55H101NO3/c1-3-5-7-9-11-13-15-17-19-21-23-25-26-27-28-29-30-31-33-35-37-39-41-43-45-47-49-51-55(59)56-53(52-57)54(58)50-48-46-44-42-40-38-36-34-32-24-22-20-18-16-14-12-10-8-6-4-2/h15,17,21,23,26-27,40,42,48,50,53-54,57-58H,3-14,16,18-20,22,24-25,28-39,41,43-47,49,51-52H2,1-2H3,(H,56,59)/b17-15-,23-21-,27-26-,42-40+,50-48+. The summed E-state index contributed by atoms with van der Waals surface area (Å²) < 4.78 is 0. The quantitative estimate of drug-likeness (QED) is 0.0423. The molecule has 0 aliphatic rings. The number of allylic oxidation sites excluding steroid dienone is 9. The van der Waals surface area contributed by atoms with Crippen LogP contribution in [0.4, 0.5) is 0 Å². The van der Waals surface area contributed by atoms with Crippen LogP contribution >= 0.6 is 0 Å². The summed E-state index contributed by atoms with van der Waals surface area (Å²) in [5, 5.41) is 23.1. The number of carbonyl (C=O) groups excluding carboxylic acids is 1. The molecule has 4 heteroatoms. The third kappa shape index (κ3) is 47.0. The molecule has 344 valence electrons. The number of nitrogens with one attached hydrogen (secondary N) is 1. The topological polar surface area (TPSA) is 69.6 Å². The van der Waals surface area contributed by atoms with Gasteiger partial charge in [-0.25, -0.2) is 0 Å². The summed E-state index contributed by atoms with van der Waals surface area (Å²) in [6, 6.07) is -0.642. The van der Waals surface area contributed by atoms with Gasteiger partial charge >= 0.3 is 0 Å². The van der Waals surface area contributed by atoms with Gasteiger partial charge in [-0.3, -0.25) is 4.79 Å². The first-order chi connectivity index (χ1) is 29.2. The molecule has 0 heterocycles. The zero-order valence-electron chi connectivity index (χ0n) is 39.5. The van der Waals surface area contributed by atoms with E-state index in [0.717, 1.165) is 44.9 Å². The van der Waals surface area contributed by atoms with Gasteiger partial charge in [0.05, 0.1) is 18.8 Å². The maximum Gasteiger partial charge on any atom is 0.220 e. The molecular weight excluding hydrogens is 723 g/mol. The smallest absolute Gasteiger partial charge is 0.220 e. The molecule has 0 aliphatic heterocycles. The van der Waals surface area contributed by atoms with Gasteiger partial charge in [0.1, 0.15) is 0 Å². The first-order valence-corrected chi connectivity index (χ1v) is 26.0. The van der Waals surface area contributed by atoms with Crippen molar-refractivity contribution in [2.24, 2.45) is 0 Å². The largest absolute Gasteiger partial charge is 0.394 e. The Labute approximate surface area is 368 Å². The molecule has 2 unspecified atom stereocenters. The van der Waals surface area contributed by atoms with Crippen LogP contribution in [0, 0.1) is 0 Å². The maximum absolute atomic E-state index is 12.4. The van der Waals surface area contributed by atoms with Crippen molar-refractivity contribution >= 4 is 5.91 Å². The fourth-order valence-corrected chi connectivity index (χ4v) is 7.73. The molecule has 1 amide bonds. The number of unbranched alkanes of at least 4 members (excludes halogenated alkanes) is 32. The highest BCUT2D eigenvalue weighted by molar-refractivity contribution is 5.76. The third-order valence-electron chi connectivity index (χ3n) is 11.7. The molecule has 2 atom stereocenters. The SMILES string of the molecule is CCCCCCC/C=C\C/C=C\C/C=C\CCCCCCCCCCCCCCC(=O)NC(CO)C(O)/C=C/CC/C=C/CCCCCCCCCCCCCCCC. The molecule has 0 fully saturated rings. The third-order valence-corrected chi connectivity index (χ3v) is 11.7. The summed E-state index contributed by atoms with van der Waals surface area (Å²) in [6.07, 6.45) is 70.7. The average Bonchev–Trinajstić information content (AvgIpc) is 3.24. The zero-order valence-corrected chi connectivity index (χ0v) is 39.5. The van der Waals surface area contributed by atoms with Crippen LogP contribution in [0.25, 0.3) is 0 Å². The highest BCUT2D eigenvalue weighted by Crippen LogP contribution is 2.15. The summed E-state index contributed by atoms with van der Waals surface area (Å²) in [4.78, 5) is 12.4. The Hall–Kier alpha value is -1.91. The van der Waals surface area contributed by atoms with Gasteiger partial charge in [0.15, 0.2) is 0 Å². The summed E-state index contributed by atoms with van der Waals surface area (Å²) in [5.41, 5.74) is 0. The van der Waals surface area contributed by atoms with E-state index < -0.39 is 12.1 Å². The van der Waals surface area contributed by atoms with E-state index >= 15 is 0 Å². The van der Waals surface area contributed by atoms with Gasteiger partial charge in [0.25, 0.3) is 0 Å². The van der Waals surface area contributed by atoms with Crippen LogP contribution in [-0.2, 0) is 4.79 Å². The molecule has 59 heavy (non-hydrogen) atoms. The van der Waals surface area contributed by atoms with E-state index in [0.29, 0.717) is 6.42 Å². The minimum Gasteiger partial charge on any atom is -0.394 e. The van der Waals surface area contributed by atoms with Gasteiger partial charge in [-0.05, 0) is 70.6 Å². The predicted octanol–water partition coefficient (Wildman–Crippen LogP) is 16.9. The fourth-order valence-electron chi connectivity index (χ4n) is 7.73. The van der Waals surface area contributed by atoms with Gasteiger partial charge in [0.2, 0.25) is 5.91 Å². The van der Waals surface area contributed by atoms with Crippen LogP contribution in [0.5, 0.6) is 0 Å². The van der Waals surface area contributed by atoms with Crippen LogP contribution in [0.15, 0.2) is 60.8 Å². The van der Waals surface area contributed by atoms with Crippen molar-refractivity contribution in [2.75, 3.05) is 6.61 Å². The molecule has 0 radical (unpaired) electrons. The zero-order chi connectivity index (χ0) is 42.8. The molecule has 0 rings (SSSR count). The summed E-state index contributed by atoms with van der Waals surface area (Å²) >= 11 is 0. The van der Waals surface area contributed by atoms with E-state index in [1.165, 1.54) is 199 Å². The molecule has 0 saturated carbocycles. The first-order valence-electron chi connectivity index (χ1n) is 26.0. The minimum atomic E-state index is -0.865. The summed E-state index contributed by atoms with van der Waals surface area (Å²) in [6.45, 7) is 4.30. The van der Waals surface area contributed by atoms with Crippen molar-refractivity contribution in [1.82, 2.24) is 5.32 Å². The Morgan fingerprint density at radius 3 is 1.10 bits per heavy atom. The highest BCUT2D eigenvalue weighted by atomic mass is 16.3. The molecule has 3 N–H and O–H groups in total. The van der Waals surface area contributed by atoms with Crippen LogP contribution in [0.2, 0.25) is 0 Å². The number of rotatable bonds is 47. The lowest BCUT2D eigenvalue weighted by Crippen LogP contribution is -2.45. The van der Waals surface area contributed by atoms with Gasteiger partial charge in [0, 0.05) is 6.42 Å². The molecule has 0 spiro atoms. The number of amides is 1. The monoisotopic (exact) mass is 824 g/mol. The highest BCUT2D eigenvalue weighted by Gasteiger charge is 2.17. The van der Waals surface area contributed by atoms with Gasteiger partial charge in [-0.1, -0.05) is 248 Å². The van der Waals surface area contributed by atoms with E-state index in [1.54, 1.807) is 6.08 Å². The van der Waals surface area contributed by atoms with Crippen LogP contribution in [0.1, 0.15) is 264 Å². The van der Waals surface area contributed by atoms with E-state index in [9.17, 15) is 15.0 Å². The van der Waals surface area contributed by atoms with Crippen LogP contribution in [-0.4, -0.2) is 34.9 Å². The molecule has 0 bridgehead atoms. The predicted molar refractivity (Wildman–Crippen MR) is 262 cm³/mol. The molecule has 0 saturated heterocycles. The number of aliphatic hydroxyl groups is 2. The lowest BCUT2D eigenvalue weighted by Gasteiger charge is -2.19. The summed E-state index contributed by atoms with van der Waals surface area (Å²) in [7, 11) is 0. The molecule has 0 aromatic rings. The molecule has 4 nitrogen and oxygen atoms in total. The second-order valence-electron chi connectivity index (χ2n) is 17.6. The Bertz CT molecular complexity index is 981. The molecule has 0 aliphatic carbocycles. The second-order valence-corrected chi connectivity index (χ2v) is 17.6. The Balaban J connectivity index is 3.57.